The van der Waals surface area contributed by atoms with Gasteiger partial charge < -0.3 is 15.4 Å². The number of carbonyl (C=O) groups is 1. The maximum Gasteiger partial charge on any atom is 0.416 e. The van der Waals surface area contributed by atoms with Crippen molar-refractivity contribution in [3.63, 3.8) is 0 Å². The van der Waals surface area contributed by atoms with Crippen molar-refractivity contribution in [1.29, 1.82) is 0 Å². The smallest absolute Gasteiger partial charge is 0.416 e. The van der Waals surface area contributed by atoms with Crippen LogP contribution in [0.15, 0.2) is 37.2 Å². The van der Waals surface area contributed by atoms with Crippen LogP contribution >= 0.6 is 0 Å². The van der Waals surface area contributed by atoms with Gasteiger partial charge in [-0.15, -0.1) is 0 Å². The van der Waals surface area contributed by atoms with Gasteiger partial charge in [-0.3, -0.25) is 9.78 Å². The number of carbonyl (C=O) groups excluding carboxylic acids is 1. The SMILES string of the molecule is C=C(NC(C)c1nccnc1C(=O)NCC)c1cc(OCC(F)F)cc(C(F)(F)F)c1. The molecule has 0 saturated carbocycles. The number of hydrogen-bond acceptors (Lipinski definition) is 5. The molecular formula is C20H21F5N4O2. The second-order valence-electron chi connectivity index (χ2n) is 6.44. The van der Waals surface area contributed by atoms with Gasteiger partial charge in [0, 0.05) is 30.2 Å². The summed E-state index contributed by atoms with van der Waals surface area (Å²) in [5.41, 5.74) is -0.729. The molecule has 6 nitrogen and oxygen atoms in total. The van der Waals surface area contributed by atoms with Crippen LogP contribution in [0.5, 0.6) is 5.75 Å². The first-order valence-electron chi connectivity index (χ1n) is 9.21. The molecule has 0 aliphatic carbocycles. The van der Waals surface area contributed by atoms with Crippen molar-refractivity contribution < 1.29 is 31.5 Å². The zero-order chi connectivity index (χ0) is 23.2. The summed E-state index contributed by atoms with van der Waals surface area (Å²) in [5, 5.41) is 5.47. The van der Waals surface area contributed by atoms with Crippen LogP contribution < -0.4 is 15.4 Å². The van der Waals surface area contributed by atoms with Gasteiger partial charge in [-0.1, -0.05) is 6.58 Å². The molecule has 0 fully saturated rings. The predicted molar refractivity (Wildman–Crippen MR) is 104 cm³/mol. The largest absolute Gasteiger partial charge is 0.488 e. The molecule has 0 aliphatic heterocycles. The number of rotatable bonds is 9. The molecule has 0 aliphatic rings. The van der Waals surface area contributed by atoms with Crippen molar-refractivity contribution in [2.45, 2.75) is 32.5 Å². The van der Waals surface area contributed by atoms with Crippen LogP contribution in [-0.2, 0) is 6.18 Å². The zero-order valence-electron chi connectivity index (χ0n) is 16.8. The molecule has 0 saturated heterocycles. The predicted octanol–water partition coefficient (Wildman–Crippen LogP) is 4.21. The Balaban J connectivity index is 2.31. The van der Waals surface area contributed by atoms with Crippen LogP contribution in [0.2, 0.25) is 0 Å². The Morgan fingerprint density at radius 1 is 1.19 bits per heavy atom. The normalized spacial score (nSPS) is 12.4. The van der Waals surface area contributed by atoms with Crippen molar-refractivity contribution in [3.05, 3.63) is 59.7 Å². The summed E-state index contributed by atoms with van der Waals surface area (Å²) < 4.78 is 69.3. The summed E-state index contributed by atoms with van der Waals surface area (Å²) in [4.78, 5) is 20.3. The fraction of sp³-hybridized carbons (Fsp3) is 0.350. The molecule has 31 heavy (non-hydrogen) atoms. The summed E-state index contributed by atoms with van der Waals surface area (Å²) in [7, 11) is 0. The minimum Gasteiger partial charge on any atom is -0.488 e. The molecule has 2 aromatic rings. The molecule has 1 atom stereocenters. The third-order valence-electron chi connectivity index (χ3n) is 4.04. The number of alkyl halides is 5. The molecular weight excluding hydrogens is 423 g/mol. The summed E-state index contributed by atoms with van der Waals surface area (Å²) in [6.07, 6.45) is -4.85. The van der Waals surface area contributed by atoms with Crippen LogP contribution in [0.3, 0.4) is 0 Å². The molecule has 0 spiro atoms. The van der Waals surface area contributed by atoms with Crippen molar-refractivity contribution in [2.75, 3.05) is 13.2 Å². The molecule has 1 aromatic carbocycles. The van der Waals surface area contributed by atoms with E-state index in [1.165, 1.54) is 18.5 Å². The van der Waals surface area contributed by atoms with Gasteiger partial charge in [-0.25, -0.2) is 13.8 Å². The lowest BCUT2D eigenvalue weighted by molar-refractivity contribution is -0.137. The molecule has 168 valence electrons. The second kappa shape index (κ2) is 10.2. The number of benzene rings is 1. The number of ether oxygens (including phenoxy) is 1. The van der Waals surface area contributed by atoms with Crippen molar-refractivity contribution in [2.24, 2.45) is 0 Å². The monoisotopic (exact) mass is 444 g/mol. The van der Waals surface area contributed by atoms with Gasteiger partial charge in [-0.05, 0) is 32.0 Å². The average molecular weight is 444 g/mol. The molecule has 1 aromatic heterocycles. The molecule has 2 rings (SSSR count). The van der Waals surface area contributed by atoms with E-state index in [0.29, 0.717) is 12.6 Å². The Bertz CT molecular complexity index is 934. The van der Waals surface area contributed by atoms with Crippen molar-refractivity contribution >= 4 is 11.6 Å². The number of nitrogens with zero attached hydrogens (tertiary/aromatic N) is 2. The molecule has 0 bridgehead atoms. The standard InChI is InChI=1S/C20H21F5N4O2/c1-4-26-19(30)18-17(27-5-6-28-18)12(3)29-11(2)13-7-14(20(23,24)25)9-15(8-13)31-10-16(21)22/h5-9,12,16,29H,2,4,10H2,1,3H3,(H,26,30). The Morgan fingerprint density at radius 3 is 2.48 bits per heavy atom. The molecule has 1 unspecified atom stereocenters. The topological polar surface area (TPSA) is 76.1 Å². The van der Waals surface area contributed by atoms with E-state index in [1.807, 2.05) is 0 Å². The van der Waals surface area contributed by atoms with Crippen molar-refractivity contribution in [1.82, 2.24) is 20.6 Å². The Morgan fingerprint density at radius 2 is 1.87 bits per heavy atom. The number of halogens is 5. The van der Waals surface area contributed by atoms with E-state index in [2.05, 4.69) is 27.2 Å². The van der Waals surface area contributed by atoms with E-state index < -0.39 is 36.7 Å². The second-order valence-corrected chi connectivity index (χ2v) is 6.44. The highest BCUT2D eigenvalue weighted by atomic mass is 19.4. The fourth-order valence-corrected chi connectivity index (χ4v) is 2.68. The Kier molecular flexibility index (Phi) is 7.89. The molecule has 0 radical (unpaired) electrons. The van der Waals surface area contributed by atoms with Crippen LogP contribution in [0.1, 0.15) is 47.2 Å². The molecule has 11 heteroatoms. The van der Waals surface area contributed by atoms with Crippen molar-refractivity contribution in [3.8, 4) is 5.75 Å². The van der Waals surface area contributed by atoms with Crippen LogP contribution in [0.25, 0.3) is 5.70 Å². The summed E-state index contributed by atoms with van der Waals surface area (Å²) in [5.74, 6) is -0.824. The van der Waals surface area contributed by atoms with Gasteiger partial charge in [0.25, 0.3) is 12.3 Å². The number of amides is 1. The third kappa shape index (κ3) is 6.63. The van der Waals surface area contributed by atoms with Gasteiger partial charge >= 0.3 is 6.18 Å². The fourth-order valence-electron chi connectivity index (χ4n) is 2.68. The van der Waals surface area contributed by atoms with Gasteiger partial charge in [0.1, 0.15) is 12.4 Å². The number of aromatic nitrogens is 2. The quantitative estimate of drug-likeness (QED) is 0.567. The first-order chi connectivity index (χ1) is 14.5. The number of hydrogen-bond donors (Lipinski definition) is 2. The van der Waals surface area contributed by atoms with E-state index in [1.54, 1.807) is 13.8 Å². The average Bonchev–Trinajstić information content (AvgIpc) is 2.71. The highest BCUT2D eigenvalue weighted by Gasteiger charge is 2.32. The maximum atomic E-state index is 13.2. The molecule has 2 N–H and O–H groups in total. The van der Waals surface area contributed by atoms with Gasteiger partial charge in [0.05, 0.1) is 17.3 Å². The van der Waals surface area contributed by atoms with Gasteiger partial charge in [-0.2, -0.15) is 13.2 Å². The van der Waals surface area contributed by atoms with Gasteiger partial charge in [0.15, 0.2) is 5.69 Å². The van der Waals surface area contributed by atoms with Crippen LogP contribution in [-0.4, -0.2) is 35.5 Å². The first-order valence-corrected chi connectivity index (χ1v) is 9.21. The Hall–Kier alpha value is -3.24. The minimum atomic E-state index is -4.72. The van der Waals surface area contributed by atoms with Crippen LogP contribution in [0.4, 0.5) is 22.0 Å². The lowest BCUT2D eigenvalue weighted by Crippen LogP contribution is -2.28. The van der Waals surface area contributed by atoms with Crippen LogP contribution in [0, 0.1) is 0 Å². The summed E-state index contributed by atoms with van der Waals surface area (Å²) >= 11 is 0. The highest BCUT2D eigenvalue weighted by molar-refractivity contribution is 5.93. The van der Waals surface area contributed by atoms with E-state index in [-0.39, 0.29) is 28.4 Å². The highest BCUT2D eigenvalue weighted by Crippen LogP contribution is 2.34. The lowest BCUT2D eigenvalue weighted by atomic mass is 10.1. The zero-order valence-corrected chi connectivity index (χ0v) is 16.8. The first kappa shape index (κ1) is 24.0. The minimum absolute atomic E-state index is 0.0191. The van der Waals surface area contributed by atoms with Gasteiger partial charge in [0.2, 0.25) is 0 Å². The molecule has 1 heterocycles. The van der Waals surface area contributed by atoms with E-state index in [9.17, 15) is 26.7 Å². The molecule has 1 amide bonds. The lowest BCUT2D eigenvalue weighted by Gasteiger charge is -2.20. The number of nitrogens with one attached hydrogen (secondary N) is 2. The van der Waals surface area contributed by atoms with E-state index in [0.717, 1.165) is 6.07 Å². The summed E-state index contributed by atoms with van der Waals surface area (Å²) in [6, 6.07) is 1.97. The van der Waals surface area contributed by atoms with E-state index in [4.69, 9.17) is 4.74 Å². The summed E-state index contributed by atoms with van der Waals surface area (Å²) in [6.45, 7) is 6.41. The Labute approximate surface area is 175 Å². The van der Waals surface area contributed by atoms with E-state index >= 15 is 0 Å². The maximum absolute atomic E-state index is 13.2. The third-order valence-corrected chi connectivity index (χ3v) is 4.04.